The Morgan fingerprint density at radius 2 is 1.76 bits per heavy atom. The first-order chi connectivity index (χ1) is 15.7. The van der Waals surface area contributed by atoms with E-state index in [0.29, 0.717) is 10.8 Å². The fourth-order valence-corrected chi connectivity index (χ4v) is 4.84. The van der Waals surface area contributed by atoms with Gasteiger partial charge in [0, 0.05) is 32.7 Å². The van der Waals surface area contributed by atoms with Crippen molar-refractivity contribution in [2.45, 2.75) is 25.7 Å². The van der Waals surface area contributed by atoms with E-state index < -0.39 is 5.41 Å². The molecule has 0 unspecified atom stereocenters. The maximum Gasteiger partial charge on any atom is 0.230 e. The molecule has 0 atom stereocenters. The Bertz CT molecular complexity index is 1290. The molecule has 0 bridgehead atoms. The normalized spacial score (nSPS) is 11.4. The molecule has 0 aliphatic carbocycles. The molecule has 0 saturated heterocycles. The van der Waals surface area contributed by atoms with Gasteiger partial charge in [-0.1, -0.05) is 56.6 Å². The summed E-state index contributed by atoms with van der Waals surface area (Å²) in [5.41, 5.74) is 3.28. The molecule has 1 amide bonds. The van der Waals surface area contributed by atoms with Gasteiger partial charge in [0.2, 0.25) is 5.91 Å². The second-order valence-corrected chi connectivity index (χ2v) is 10.9. The van der Waals surface area contributed by atoms with E-state index in [1.165, 1.54) is 4.90 Å². The number of nitrogens with one attached hydrogen (secondary N) is 1. The van der Waals surface area contributed by atoms with Gasteiger partial charge in [0.05, 0.1) is 10.6 Å². The van der Waals surface area contributed by atoms with Gasteiger partial charge in [-0.25, -0.2) is 9.97 Å². The average molecular weight is 494 g/mol. The van der Waals surface area contributed by atoms with E-state index in [4.69, 9.17) is 16.6 Å². The van der Waals surface area contributed by atoms with Crippen LogP contribution in [-0.2, 0) is 4.79 Å². The smallest absolute Gasteiger partial charge is 0.230 e. The number of hydrogen-bond acceptors (Lipinski definition) is 5. The predicted octanol–water partition coefficient (Wildman–Crippen LogP) is 7.90. The van der Waals surface area contributed by atoms with Crippen molar-refractivity contribution in [2.75, 3.05) is 11.6 Å². The fraction of sp³-hybridized carbons (Fsp3) is 0.192. The molecule has 4 aromatic rings. The van der Waals surface area contributed by atoms with Gasteiger partial charge in [-0.05, 0) is 48.2 Å². The van der Waals surface area contributed by atoms with E-state index in [-0.39, 0.29) is 5.91 Å². The quantitative estimate of drug-likeness (QED) is 0.287. The Kier molecular flexibility index (Phi) is 6.88. The van der Waals surface area contributed by atoms with Gasteiger partial charge in [-0.2, -0.15) is 0 Å². The summed E-state index contributed by atoms with van der Waals surface area (Å²) in [6.45, 7) is 5.63. The molecular formula is C26H24ClN3OS2. The number of pyridine rings is 1. The molecule has 2 aromatic heterocycles. The van der Waals surface area contributed by atoms with E-state index in [9.17, 15) is 4.79 Å². The second kappa shape index (κ2) is 9.67. The Labute approximate surface area is 207 Å². The Hall–Kier alpha value is -2.67. The molecule has 2 heterocycles. The third-order valence-corrected chi connectivity index (χ3v) is 7.14. The van der Waals surface area contributed by atoms with Crippen LogP contribution in [0.3, 0.4) is 0 Å². The number of aromatic nitrogens is 2. The van der Waals surface area contributed by atoms with Crippen molar-refractivity contribution in [3.8, 4) is 32.3 Å². The number of hydrogen-bond donors (Lipinski definition) is 1. The van der Waals surface area contributed by atoms with Crippen LogP contribution in [-0.4, -0.2) is 22.1 Å². The van der Waals surface area contributed by atoms with Crippen LogP contribution in [0.1, 0.15) is 20.8 Å². The SMILES string of the molecule is CSc1ccc(-c2nc(-c3cccc(Cl)c3)c(-c3ccnc(NC(=O)C(C)(C)C)c3)s2)cc1. The topological polar surface area (TPSA) is 54.9 Å². The van der Waals surface area contributed by atoms with E-state index in [1.54, 1.807) is 29.3 Å². The first-order valence-electron chi connectivity index (χ1n) is 10.4. The number of benzene rings is 2. The third-order valence-electron chi connectivity index (χ3n) is 5.01. The maximum absolute atomic E-state index is 12.5. The van der Waals surface area contributed by atoms with Gasteiger partial charge in [-0.3, -0.25) is 4.79 Å². The molecule has 4 rings (SSSR count). The van der Waals surface area contributed by atoms with Crippen LogP contribution in [0.4, 0.5) is 5.82 Å². The maximum atomic E-state index is 12.5. The number of amides is 1. The molecule has 2 aromatic carbocycles. The van der Waals surface area contributed by atoms with E-state index in [0.717, 1.165) is 32.3 Å². The number of anilines is 1. The summed E-state index contributed by atoms with van der Waals surface area (Å²) in [6, 6.07) is 19.9. The lowest BCUT2D eigenvalue weighted by Crippen LogP contribution is -2.27. The number of thioether (sulfide) groups is 1. The summed E-state index contributed by atoms with van der Waals surface area (Å²) in [4.78, 5) is 24.0. The third kappa shape index (κ3) is 5.46. The van der Waals surface area contributed by atoms with Gasteiger partial charge in [0.25, 0.3) is 0 Å². The highest BCUT2D eigenvalue weighted by molar-refractivity contribution is 7.98. The van der Waals surface area contributed by atoms with E-state index in [2.05, 4.69) is 40.8 Å². The molecule has 1 N–H and O–H groups in total. The highest BCUT2D eigenvalue weighted by Crippen LogP contribution is 2.41. The summed E-state index contributed by atoms with van der Waals surface area (Å²) in [5.74, 6) is 0.435. The largest absolute Gasteiger partial charge is 0.310 e. The van der Waals surface area contributed by atoms with Gasteiger partial charge in [0.15, 0.2) is 0 Å². The van der Waals surface area contributed by atoms with Crippen molar-refractivity contribution >= 4 is 46.4 Å². The first-order valence-corrected chi connectivity index (χ1v) is 12.9. The van der Waals surface area contributed by atoms with Crippen molar-refractivity contribution in [1.29, 1.82) is 0 Å². The number of carbonyl (C=O) groups is 1. The molecular weight excluding hydrogens is 470 g/mol. The van der Waals surface area contributed by atoms with Crippen LogP contribution in [0.2, 0.25) is 5.02 Å². The Balaban J connectivity index is 1.80. The lowest BCUT2D eigenvalue weighted by molar-refractivity contribution is -0.123. The van der Waals surface area contributed by atoms with E-state index >= 15 is 0 Å². The number of thiazole rings is 1. The Morgan fingerprint density at radius 1 is 1.00 bits per heavy atom. The molecule has 0 radical (unpaired) electrons. The number of carbonyl (C=O) groups excluding carboxylic acids is 1. The molecule has 168 valence electrons. The van der Waals surface area contributed by atoms with Crippen LogP contribution in [0.25, 0.3) is 32.3 Å². The zero-order chi connectivity index (χ0) is 23.6. The summed E-state index contributed by atoms with van der Waals surface area (Å²) in [6.07, 6.45) is 3.77. The number of nitrogens with zero attached hydrogens (tertiary/aromatic N) is 2. The van der Waals surface area contributed by atoms with Gasteiger partial charge < -0.3 is 5.32 Å². The molecule has 33 heavy (non-hydrogen) atoms. The van der Waals surface area contributed by atoms with Gasteiger partial charge >= 0.3 is 0 Å². The lowest BCUT2D eigenvalue weighted by Gasteiger charge is -2.17. The van der Waals surface area contributed by atoms with Gasteiger partial charge in [0.1, 0.15) is 10.8 Å². The second-order valence-electron chi connectivity index (χ2n) is 8.57. The van der Waals surface area contributed by atoms with Crippen molar-refractivity contribution in [1.82, 2.24) is 9.97 Å². The highest BCUT2D eigenvalue weighted by Gasteiger charge is 2.22. The number of rotatable bonds is 5. The molecule has 0 fully saturated rings. The fourth-order valence-electron chi connectivity index (χ4n) is 3.15. The summed E-state index contributed by atoms with van der Waals surface area (Å²) in [7, 11) is 0. The van der Waals surface area contributed by atoms with Crippen LogP contribution >= 0.6 is 34.7 Å². The summed E-state index contributed by atoms with van der Waals surface area (Å²) >= 11 is 9.61. The average Bonchev–Trinajstić information content (AvgIpc) is 3.24. The van der Waals surface area contributed by atoms with Crippen molar-refractivity contribution < 1.29 is 4.79 Å². The first kappa shape index (κ1) is 23.5. The van der Waals surface area contributed by atoms with E-state index in [1.807, 2.05) is 57.2 Å². The monoisotopic (exact) mass is 493 g/mol. The van der Waals surface area contributed by atoms with Crippen LogP contribution < -0.4 is 5.32 Å². The van der Waals surface area contributed by atoms with Crippen LogP contribution in [0.5, 0.6) is 0 Å². The zero-order valence-corrected chi connectivity index (χ0v) is 21.2. The minimum Gasteiger partial charge on any atom is -0.310 e. The molecule has 0 spiro atoms. The molecule has 4 nitrogen and oxygen atoms in total. The van der Waals surface area contributed by atoms with Crippen LogP contribution in [0, 0.1) is 5.41 Å². The van der Waals surface area contributed by atoms with Crippen molar-refractivity contribution in [2.24, 2.45) is 5.41 Å². The minimum atomic E-state index is -0.510. The Morgan fingerprint density at radius 3 is 2.42 bits per heavy atom. The van der Waals surface area contributed by atoms with Crippen LogP contribution in [0.15, 0.2) is 71.8 Å². The molecule has 0 aliphatic heterocycles. The summed E-state index contributed by atoms with van der Waals surface area (Å²) in [5, 5.41) is 4.50. The highest BCUT2D eigenvalue weighted by atomic mass is 35.5. The molecule has 0 aliphatic rings. The van der Waals surface area contributed by atoms with Gasteiger partial charge in [-0.15, -0.1) is 23.1 Å². The number of halogens is 1. The lowest BCUT2D eigenvalue weighted by atomic mass is 9.96. The molecule has 7 heteroatoms. The molecule has 0 saturated carbocycles. The van der Waals surface area contributed by atoms with Crippen molar-refractivity contribution in [3.05, 3.63) is 71.9 Å². The van der Waals surface area contributed by atoms with Crippen molar-refractivity contribution in [3.63, 3.8) is 0 Å². The predicted molar refractivity (Wildman–Crippen MR) is 141 cm³/mol. The standard InChI is InChI=1S/C26H24ClN3OS2/c1-26(2,3)25(31)29-21-15-18(12-13-28-21)23-22(17-6-5-7-19(27)14-17)30-24(33-23)16-8-10-20(32-4)11-9-16/h5-15H,1-4H3,(H,28,29,31). The minimum absolute atomic E-state index is 0.0823. The zero-order valence-electron chi connectivity index (χ0n) is 18.8. The summed E-state index contributed by atoms with van der Waals surface area (Å²) < 4.78 is 0.